The SMILES string of the molecule is CN(Cc1cc(C(F)(F)F)cc(C(F)(F)F)c1)C(=O)C1CN(C(=O)O)CCN1c1ccc(F)cc1F. The van der Waals surface area contributed by atoms with Crippen LogP contribution in [-0.2, 0) is 23.7 Å². The van der Waals surface area contributed by atoms with Crippen molar-refractivity contribution in [2.24, 2.45) is 0 Å². The summed E-state index contributed by atoms with van der Waals surface area (Å²) >= 11 is 0. The lowest BCUT2D eigenvalue weighted by molar-refractivity contribution is -0.143. The van der Waals surface area contributed by atoms with Crippen LogP contribution in [0.2, 0.25) is 0 Å². The van der Waals surface area contributed by atoms with Crippen molar-refractivity contribution in [3.63, 3.8) is 0 Å². The van der Waals surface area contributed by atoms with Gasteiger partial charge in [-0.05, 0) is 35.9 Å². The number of anilines is 1. The van der Waals surface area contributed by atoms with Crippen LogP contribution in [0.25, 0.3) is 0 Å². The van der Waals surface area contributed by atoms with E-state index in [0.29, 0.717) is 18.2 Å². The van der Waals surface area contributed by atoms with E-state index in [4.69, 9.17) is 0 Å². The normalized spacial score (nSPS) is 16.8. The number of nitrogens with zero attached hydrogens (tertiary/aromatic N) is 3. The van der Waals surface area contributed by atoms with Gasteiger partial charge in [-0.25, -0.2) is 13.6 Å². The number of carboxylic acid groups (broad SMARTS) is 1. The molecule has 6 nitrogen and oxygen atoms in total. The highest BCUT2D eigenvalue weighted by atomic mass is 19.4. The Morgan fingerprint density at radius 2 is 1.56 bits per heavy atom. The molecular weight excluding hydrogens is 506 g/mol. The number of hydrogen-bond donors (Lipinski definition) is 1. The van der Waals surface area contributed by atoms with E-state index in [2.05, 4.69) is 0 Å². The van der Waals surface area contributed by atoms with E-state index >= 15 is 0 Å². The van der Waals surface area contributed by atoms with Crippen LogP contribution in [0, 0.1) is 11.6 Å². The van der Waals surface area contributed by atoms with Gasteiger partial charge in [-0.1, -0.05) is 0 Å². The van der Waals surface area contributed by atoms with E-state index in [0.717, 1.165) is 29.0 Å². The van der Waals surface area contributed by atoms with Crippen molar-refractivity contribution in [1.82, 2.24) is 9.80 Å². The van der Waals surface area contributed by atoms with Crippen molar-refractivity contribution in [2.45, 2.75) is 24.9 Å². The highest BCUT2D eigenvalue weighted by Gasteiger charge is 2.39. The van der Waals surface area contributed by atoms with Gasteiger partial charge in [-0.2, -0.15) is 26.3 Å². The summed E-state index contributed by atoms with van der Waals surface area (Å²) in [6, 6.07) is 2.05. The first-order valence-corrected chi connectivity index (χ1v) is 10.3. The van der Waals surface area contributed by atoms with Crippen molar-refractivity contribution >= 4 is 17.7 Å². The number of hydrogen-bond acceptors (Lipinski definition) is 3. The van der Waals surface area contributed by atoms with Crippen LogP contribution in [0.3, 0.4) is 0 Å². The van der Waals surface area contributed by atoms with Gasteiger partial charge >= 0.3 is 18.4 Å². The summed E-state index contributed by atoms with van der Waals surface area (Å²) in [6.45, 7) is -1.47. The Kier molecular flexibility index (Phi) is 7.37. The second kappa shape index (κ2) is 9.82. The zero-order chi connectivity index (χ0) is 27.0. The molecule has 0 saturated carbocycles. The number of amides is 2. The fourth-order valence-electron chi connectivity index (χ4n) is 3.89. The third-order valence-electron chi connectivity index (χ3n) is 5.60. The Bertz CT molecular complexity index is 1120. The molecule has 14 heteroatoms. The Morgan fingerprint density at radius 1 is 0.972 bits per heavy atom. The average Bonchev–Trinajstić information content (AvgIpc) is 2.77. The van der Waals surface area contributed by atoms with E-state index in [1.54, 1.807) is 0 Å². The van der Waals surface area contributed by atoms with E-state index in [1.807, 2.05) is 0 Å². The summed E-state index contributed by atoms with van der Waals surface area (Å²) in [5.41, 5.74) is -3.80. The van der Waals surface area contributed by atoms with Crippen LogP contribution in [0.5, 0.6) is 0 Å². The van der Waals surface area contributed by atoms with Crippen LogP contribution in [0.15, 0.2) is 36.4 Å². The van der Waals surface area contributed by atoms with Gasteiger partial charge in [0.15, 0.2) is 0 Å². The minimum Gasteiger partial charge on any atom is -0.465 e. The topological polar surface area (TPSA) is 64.1 Å². The lowest BCUT2D eigenvalue weighted by Gasteiger charge is -2.42. The minimum atomic E-state index is -5.08. The summed E-state index contributed by atoms with van der Waals surface area (Å²) in [7, 11) is 1.11. The predicted octanol–water partition coefficient (Wildman–Crippen LogP) is 4.83. The molecule has 0 radical (unpaired) electrons. The molecule has 1 aliphatic rings. The molecule has 2 aromatic rings. The van der Waals surface area contributed by atoms with Crippen LogP contribution >= 0.6 is 0 Å². The van der Waals surface area contributed by atoms with Crippen molar-refractivity contribution in [3.05, 3.63) is 64.7 Å². The average molecular weight is 525 g/mol. The van der Waals surface area contributed by atoms with Gasteiger partial charge in [-0.15, -0.1) is 0 Å². The second-order valence-electron chi connectivity index (χ2n) is 8.14. The smallest absolute Gasteiger partial charge is 0.416 e. The van der Waals surface area contributed by atoms with Gasteiger partial charge < -0.3 is 19.8 Å². The number of carbonyl (C=O) groups excluding carboxylic acids is 1. The number of likely N-dealkylation sites (N-methyl/N-ethyl adjacent to an activating group) is 1. The largest absolute Gasteiger partial charge is 0.465 e. The lowest BCUT2D eigenvalue weighted by Crippen LogP contribution is -2.60. The van der Waals surface area contributed by atoms with Crippen molar-refractivity contribution in [1.29, 1.82) is 0 Å². The van der Waals surface area contributed by atoms with Crippen LogP contribution in [-0.4, -0.2) is 59.6 Å². The standard InChI is InChI=1S/C22H19F8N3O3/c1-31(10-12-6-13(21(25,26)27)8-14(7-12)22(28,29)30)19(34)18-11-32(20(35)36)4-5-33(18)17-3-2-15(23)9-16(17)24/h2-3,6-9,18H,4-5,10-11H2,1H3,(H,35,36). The molecule has 1 aliphatic heterocycles. The third kappa shape index (κ3) is 5.97. The Labute approximate surface area is 199 Å². The molecule has 2 amide bonds. The third-order valence-corrected chi connectivity index (χ3v) is 5.60. The maximum atomic E-state index is 14.4. The first kappa shape index (κ1) is 27.0. The maximum Gasteiger partial charge on any atom is 0.416 e. The molecule has 36 heavy (non-hydrogen) atoms. The van der Waals surface area contributed by atoms with Crippen LogP contribution in [0.4, 0.5) is 45.6 Å². The van der Waals surface area contributed by atoms with E-state index in [-0.39, 0.29) is 24.8 Å². The molecule has 196 valence electrons. The number of halogens is 8. The van der Waals surface area contributed by atoms with Gasteiger partial charge in [0.25, 0.3) is 0 Å². The van der Waals surface area contributed by atoms with Gasteiger partial charge in [0, 0.05) is 32.7 Å². The molecule has 1 fully saturated rings. The molecule has 3 rings (SSSR count). The molecule has 1 unspecified atom stereocenters. The second-order valence-corrected chi connectivity index (χ2v) is 8.14. The summed E-state index contributed by atoms with van der Waals surface area (Å²) in [5.74, 6) is -2.83. The first-order valence-electron chi connectivity index (χ1n) is 10.3. The first-order chi connectivity index (χ1) is 16.6. The van der Waals surface area contributed by atoms with Crippen molar-refractivity contribution < 1.29 is 49.8 Å². The Hall–Kier alpha value is -3.58. The summed E-state index contributed by atoms with van der Waals surface area (Å²) in [5, 5.41) is 9.32. The molecule has 0 bridgehead atoms. The molecule has 0 aliphatic carbocycles. The molecule has 0 spiro atoms. The van der Waals surface area contributed by atoms with Crippen LogP contribution in [0.1, 0.15) is 16.7 Å². The quantitative estimate of drug-likeness (QED) is 0.581. The molecule has 2 aromatic carbocycles. The van der Waals surface area contributed by atoms with Crippen LogP contribution < -0.4 is 4.90 Å². The predicted molar refractivity (Wildman–Crippen MR) is 110 cm³/mol. The van der Waals surface area contributed by atoms with Gasteiger partial charge in [0.2, 0.25) is 5.91 Å². The van der Waals surface area contributed by atoms with Crippen molar-refractivity contribution in [3.8, 4) is 0 Å². The number of piperazine rings is 1. The van der Waals surface area contributed by atoms with E-state index in [9.17, 15) is 49.8 Å². The molecule has 1 N–H and O–H groups in total. The summed E-state index contributed by atoms with van der Waals surface area (Å²) in [4.78, 5) is 27.5. The number of benzene rings is 2. The van der Waals surface area contributed by atoms with Gasteiger partial charge in [0.05, 0.1) is 23.4 Å². The van der Waals surface area contributed by atoms with Crippen molar-refractivity contribution in [2.75, 3.05) is 31.6 Å². The highest BCUT2D eigenvalue weighted by molar-refractivity contribution is 5.86. The van der Waals surface area contributed by atoms with E-state index in [1.165, 1.54) is 4.90 Å². The Balaban J connectivity index is 1.94. The maximum absolute atomic E-state index is 14.4. The zero-order valence-corrected chi connectivity index (χ0v) is 18.5. The monoisotopic (exact) mass is 525 g/mol. The fraction of sp³-hybridized carbons (Fsp3) is 0.364. The zero-order valence-electron chi connectivity index (χ0n) is 18.5. The molecule has 1 saturated heterocycles. The lowest BCUT2D eigenvalue weighted by atomic mass is 10.0. The van der Waals surface area contributed by atoms with Gasteiger partial charge in [-0.3, -0.25) is 4.79 Å². The number of alkyl halides is 6. The molecule has 1 heterocycles. The highest BCUT2D eigenvalue weighted by Crippen LogP contribution is 2.36. The summed E-state index contributed by atoms with van der Waals surface area (Å²) in [6.07, 6.45) is -11.6. The minimum absolute atomic E-state index is 0.0454. The number of rotatable bonds is 4. The summed E-state index contributed by atoms with van der Waals surface area (Å²) < 4.78 is 107. The molecule has 1 atom stereocenters. The number of carbonyl (C=O) groups is 2. The fourth-order valence-corrected chi connectivity index (χ4v) is 3.89. The Morgan fingerprint density at radius 3 is 2.06 bits per heavy atom. The van der Waals surface area contributed by atoms with Gasteiger partial charge in [0.1, 0.15) is 17.7 Å². The molecular formula is C22H19F8N3O3. The molecule has 0 aromatic heterocycles. The van der Waals surface area contributed by atoms with E-state index < -0.39 is 71.8 Å².